The van der Waals surface area contributed by atoms with Crippen LogP contribution in [-0.4, -0.2) is 47.4 Å². The fourth-order valence-corrected chi connectivity index (χ4v) is 9.78. The van der Waals surface area contributed by atoms with E-state index in [0.29, 0.717) is 19.4 Å². The number of carbonyl (C=O) groups excluding carboxylic acids is 2. The van der Waals surface area contributed by atoms with Gasteiger partial charge < -0.3 is 20.3 Å². The Labute approximate surface area is 443 Å². The summed E-state index contributed by atoms with van der Waals surface area (Å²) in [5, 5.41) is 23.1. The minimum Gasteiger partial charge on any atom is -0.466 e. The highest BCUT2D eigenvalue weighted by Gasteiger charge is 2.18. The molecule has 0 saturated heterocycles. The number of hydrogen-bond acceptors (Lipinski definition) is 5. The molecule has 0 fully saturated rings. The first kappa shape index (κ1) is 69.1. The average Bonchev–Trinajstić information content (AvgIpc) is 3.37. The summed E-state index contributed by atoms with van der Waals surface area (Å²) in [5.74, 6) is -0.0618. The molecule has 0 aliphatic heterocycles. The van der Waals surface area contributed by atoms with Crippen molar-refractivity contribution in [3.63, 3.8) is 0 Å². The number of carbonyl (C=O) groups is 2. The maximum atomic E-state index is 12.5. The van der Waals surface area contributed by atoms with Gasteiger partial charge in [-0.15, -0.1) is 0 Å². The SMILES string of the molecule is CCCCCCCCCCCCCC/C=C/C(O)C(CO)NC(=O)CCCCCCCCCCC/C=C\C/C=C\CCCCCCCCCCCOC(=O)CCCCCCCCCCCCCCCCC. The second-order valence-corrected chi connectivity index (χ2v) is 21.7. The molecule has 0 radical (unpaired) electrons. The zero-order chi connectivity index (χ0) is 51.4. The van der Waals surface area contributed by atoms with Gasteiger partial charge in [-0.3, -0.25) is 9.59 Å². The molecule has 6 nitrogen and oxygen atoms in total. The second-order valence-electron chi connectivity index (χ2n) is 21.7. The summed E-state index contributed by atoms with van der Waals surface area (Å²) in [6.45, 7) is 4.91. The number of amides is 1. The standard InChI is InChI=1S/C65H123NO5/c1-3-5-7-9-11-13-15-17-30-35-39-43-47-51-55-59-65(70)71-60-56-52-48-44-40-36-32-29-27-25-23-21-19-20-22-24-26-28-31-34-38-42-46-50-54-58-64(69)66-62(61-67)63(68)57-53-49-45-41-37-33-18-16-14-12-10-8-6-4-2/h20-23,53,57,62-63,67-68H,3-19,24-52,54-56,58-61H2,1-2H3,(H,66,69)/b22-20-,23-21-,57-53+. The molecule has 0 aromatic heterocycles. The third-order valence-electron chi connectivity index (χ3n) is 14.7. The molecule has 71 heavy (non-hydrogen) atoms. The Balaban J connectivity index is 3.44. The van der Waals surface area contributed by atoms with E-state index in [-0.39, 0.29) is 18.5 Å². The number of unbranched alkanes of at least 4 members (excludes halogenated alkanes) is 44. The molecule has 0 aromatic carbocycles. The van der Waals surface area contributed by atoms with Crippen molar-refractivity contribution in [2.75, 3.05) is 13.2 Å². The van der Waals surface area contributed by atoms with Crippen LogP contribution in [0.2, 0.25) is 0 Å². The third-order valence-corrected chi connectivity index (χ3v) is 14.7. The van der Waals surface area contributed by atoms with Gasteiger partial charge in [-0.25, -0.2) is 0 Å². The summed E-state index contributed by atoms with van der Waals surface area (Å²) in [5.41, 5.74) is 0. The molecule has 2 atom stereocenters. The maximum absolute atomic E-state index is 12.5. The van der Waals surface area contributed by atoms with Crippen LogP contribution < -0.4 is 5.32 Å². The predicted molar refractivity (Wildman–Crippen MR) is 310 cm³/mol. The first-order chi connectivity index (χ1) is 35.0. The molecule has 3 N–H and O–H groups in total. The Morgan fingerprint density at radius 1 is 0.394 bits per heavy atom. The molecule has 2 unspecified atom stereocenters. The number of aliphatic hydroxyl groups excluding tert-OH is 2. The monoisotopic (exact) mass is 998 g/mol. The van der Waals surface area contributed by atoms with E-state index in [1.54, 1.807) is 6.08 Å². The molecule has 0 aromatic rings. The van der Waals surface area contributed by atoms with Crippen LogP contribution >= 0.6 is 0 Å². The van der Waals surface area contributed by atoms with Crippen LogP contribution in [-0.2, 0) is 14.3 Å². The Hall–Kier alpha value is -1.92. The van der Waals surface area contributed by atoms with Crippen molar-refractivity contribution in [2.24, 2.45) is 0 Å². The topological polar surface area (TPSA) is 95.9 Å². The molecule has 1 amide bonds. The van der Waals surface area contributed by atoms with Gasteiger partial charge in [-0.05, 0) is 64.2 Å². The predicted octanol–water partition coefficient (Wildman–Crippen LogP) is 20.0. The summed E-state index contributed by atoms with van der Waals surface area (Å²) in [6, 6.07) is -0.632. The smallest absolute Gasteiger partial charge is 0.305 e. The first-order valence-corrected chi connectivity index (χ1v) is 31.8. The minimum atomic E-state index is -0.848. The van der Waals surface area contributed by atoms with Crippen molar-refractivity contribution in [3.05, 3.63) is 36.5 Å². The molecular formula is C65H123NO5. The lowest BCUT2D eigenvalue weighted by Crippen LogP contribution is -2.45. The summed E-state index contributed by atoms with van der Waals surface area (Å²) >= 11 is 0. The zero-order valence-corrected chi connectivity index (χ0v) is 47.7. The Kier molecular flexibility index (Phi) is 59.0. The van der Waals surface area contributed by atoms with E-state index >= 15 is 0 Å². The molecule has 0 saturated carbocycles. The average molecular weight is 999 g/mol. The van der Waals surface area contributed by atoms with Crippen molar-refractivity contribution < 1.29 is 24.5 Å². The van der Waals surface area contributed by atoms with Gasteiger partial charge >= 0.3 is 5.97 Å². The fourth-order valence-electron chi connectivity index (χ4n) is 9.78. The molecule has 0 bridgehead atoms. The molecular weight excluding hydrogens is 875 g/mol. The van der Waals surface area contributed by atoms with E-state index in [0.717, 1.165) is 44.9 Å². The Morgan fingerprint density at radius 2 is 0.704 bits per heavy atom. The van der Waals surface area contributed by atoms with Crippen LogP contribution in [0.4, 0.5) is 0 Å². The van der Waals surface area contributed by atoms with Gasteiger partial charge in [-0.2, -0.15) is 0 Å². The lowest BCUT2D eigenvalue weighted by Gasteiger charge is -2.20. The summed E-state index contributed by atoms with van der Waals surface area (Å²) in [7, 11) is 0. The van der Waals surface area contributed by atoms with Crippen LogP contribution in [0.3, 0.4) is 0 Å². The molecule has 6 heteroatoms. The summed E-state index contributed by atoms with van der Waals surface area (Å²) < 4.78 is 5.49. The summed E-state index contributed by atoms with van der Waals surface area (Å²) in [6.07, 6.45) is 76.2. The highest BCUT2D eigenvalue weighted by Crippen LogP contribution is 2.17. The zero-order valence-electron chi connectivity index (χ0n) is 47.7. The number of nitrogens with one attached hydrogen (secondary N) is 1. The van der Waals surface area contributed by atoms with Gasteiger partial charge in [0.15, 0.2) is 0 Å². The van der Waals surface area contributed by atoms with E-state index in [1.807, 2.05) is 6.08 Å². The van der Waals surface area contributed by atoms with Gasteiger partial charge in [0.1, 0.15) is 0 Å². The molecule has 0 aliphatic carbocycles. The van der Waals surface area contributed by atoms with E-state index in [1.165, 1.54) is 270 Å². The lowest BCUT2D eigenvalue weighted by molar-refractivity contribution is -0.143. The molecule has 0 aliphatic rings. The van der Waals surface area contributed by atoms with Crippen LogP contribution in [0.5, 0.6) is 0 Å². The molecule has 418 valence electrons. The Morgan fingerprint density at radius 3 is 1.07 bits per heavy atom. The first-order valence-electron chi connectivity index (χ1n) is 31.8. The summed E-state index contributed by atoms with van der Waals surface area (Å²) in [4.78, 5) is 24.5. The van der Waals surface area contributed by atoms with Crippen LogP contribution in [0.25, 0.3) is 0 Å². The van der Waals surface area contributed by atoms with Gasteiger partial charge in [0.25, 0.3) is 0 Å². The van der Waals surface area contributed by atoms with Gasteiger partial charge in [0.05, 0.1) is 25.4 Å². The number of esters is 1. The van der Waals surface area contributed by atoms with E-state index in [2.05, 4.69) is 43.5 Å². The second kappa shape index (κ2) is 60.6. The van der Waals surface area contributed by atoms with Gasteiger partial charge in [0.2, 0.25) is 5.91 Å². The normalized spacial score (nSPS) is 12.8. The maximum Gasteiger partial charge on any atom is 0.305 e. The molecule has 0 rings (SSSR count). The highest BCUT2D eigenvalue weighted by atomic mass is 16.5. The van der Waals surface area contributed by atoms with Crippen molar-refractivity contribution in [2.45, 2.75) is 353 Å². The number of ether oxygens (including phenoxy) is 1. The molecule has 0 spiro atoms. The third kappa shape index (κ3) is 57.2. The minimum absolute atomic E-state index is 0.0115. The van der Waals surface area contributed by atoms with Crippen molar-refractivity contribution in [1.29, 1.82) is 0 Å². The van der Waals surface area contributed by atoms with Crippen LogP contribution in [0, 0.1) is 0 Å². The van der Waals surface area contributed by atoms with E-state index in [9.17, 15) is 19.8 Å². The Bertz CT molecular complexity index is 1150. The quantitative estimate of drug-likeness (QED) is 0.0321. The number of hydrogen-bond donors (Lipinski definition) is 3. The lowest BCUT2D eigenvalue weighted by atomic mass is 10.0. The fraction of sp³-hybridized carbons (Fsp3) is 0.877. The van der Waals surface area contributed by atoms with Crippen molar-refractivity contribution >= 4 is 11.9 Å². The van der Waals surface area contributed by atoms with Crippen molar-refractivity contribution in [1.82, 2.24) is 5.32 Å². The number of aliphatic hydroxyl groups is 2. The highest BCUT2D eigenvalue weighted by molar-refractivity contribution is 5.76. The van der Waals surface area contributed by atoms with Gasteiger partial charge in [-0.1, -0.05) is 301 Å². The van der Waals surface area contributed by atoms with Crippen LogP contribution in [0.15, 0.2) is 36.5 Å². The van der Waals surface area contributed by atoms with Crippen LogP contribution in [0.1, 0.15) is 341 Å². The number of rotatable bonds is 59. The van der Waals surface area contributed by atoms with E-state index < -0.39 is 12.1 Å². The largest absolute Gasteiger partial charge is 0.466 e. The van der Waals surface area contributed by atoms with Gasteiger partial charge in [0, 0.05) is 12.8 Å². The van der Waals surface area contributed by atoms with Crippen molar-refractivity contribution in [3.8, 4) is 0 Å². The molecule has 0 heterocycles. The van der Waals surface area contributed by atoms with E-state index in [4.69, 9.17) is 4.74 Å². The number of allylic oxidation sites excluding steroid dienone is 5.